The fraction of sp³-hybridized carbons (Fsp3) is 0.708. The highest BCUT2D eigenvalue weighted by molar-refractivity contribution is 8.00. The quantitative estimate of drug-likeness (QED) is 0.0244. The third-order valence-corrected chi connectivity index (χ3v) is 27.6. The van der Waals surface area contributed by atoms with Gasteiger partial charge in [-0.15, -0.1) is 11.8 Å². The summed E-state index contributed by atoms with van der Waals surface area (Å²) in [7, 11) is -4.03. The average molecular weight is 1090 g/mol. The van der Waals surface area contributed by atoms with Crippen molar-refractivity contribution in [3.8, 4) is 0 Å². The van der Waals surface area contributed by atoms with Crippen LogP contribution in [-0.2, 0) is 23.1 Å². The van der Waals surface area contributed by atoms with Crippen LogP contribution in [0.5, 0.6) is 0 Å². The zero-order valence-electron chi connectivity index (χ0n) is 50.2. The van der Waals surface area contributed by atoms with Gasteiger partial charge in [-0.3, -0.25) is 14.6 Å². The Bertz CT molecular complexity index is 1790. The fourth-order valence-corrected chi connectivity index (χ4v) is 14.5. The number of rotatable bonds is 38. The molecule has 0 N–H and O–H groups in total. The minimum atomic E-state index is -2.02. The van der Waals surface area contributed by atoms with Gasteiger partial charge in [0, 0.05) is 52.2 Å². The summed E-state index contributed by atoms with van der Waals surface area (Å²) in [6.45, 7) is 37.7. The van der Waals surface area contributed by atoms with E-state index in [1.807, 2.05) is 0 Å². The van der Waals surface area contributed by atoms with E-state index in [4.69, 9.17) is 13.6 Å². The number of hydrogen-bond donors (Lipinski definition) is 0. The number of ether oxygens (including phenoxy) is 1. The lowest BCUT2D eigenvalue weighted by molar-refractivity contribution is -0.144. The highest BCUT2D eigenvalue weighted by Gasteiger charge is 2.42. The molecule has 3 aromatic rings. The first-order valence-corrected chi connectivity index (χ1v) is 37.1. The Hall–Kier alpha value is -2.29. The highest BCUT2D eigenvalue weighted by Crippen LogP contribution is 2.49. The molecule has 0 amide bonds. The maximum Gasteiger partial charge on any atom is 0.305 e. The predicted molar refractivity (Wildman–Crippen MR) is 331 cm³/mol. The van der Waals surface area contributed by atoms with Crippen LogP contribution in [0.2, 0.25) is 36.3 Å². The third-order valence-electron chi connectivity index (χ3n) is 16.9. The molecule has 0 spiro atoms. The fourth-order valence-electron chi connectivity index (χ4n) is 10.2. The molecular weight excluding hydrogens is 975 g/mol. The molecule has 0 aliphatic carbocycles. The Morgan fingerprint density at radius 2 is 0.947 bits per heavy atom. The van der Waals surface area contributed by atoms with Gasteiger partial charge in [0.2, 0.25) is 0 Å². The van der Waals surface area contributed by atoms with Crippen LogP contribution in [0.15, 0.2) is 91.0 Å². The predicted octanol–water partition coefficient (Wildman–Crippen LogP) is 17.0. The van der Waals surface area contributed by atoms with Crippen molar-refractivity contribution in [2.75, 3.05) is 71.3 Å². The molecule has 4 rings (SSSR count). The molecule has 0 bridgehead atoms. The van der Waals surface area contributed by atoms with Gasteiger partial charge in [-0.05, 0) is 104 Å². The summed E-state index contributed by atoms with van der Waals surface area (Å²) in [6, 6.07) is 33.2. The Kier molecular flexibility index (Phi) is 29.6. The molecule has 3 aromatic carbocycles. The second kappa shape index (κ2) is 34.0. The number of carbonyl (C=O) groups is 1. The van der Waals surface area contributed by atoms with E-state index in [0.717, 1.165) is 83.9 Å². The van der Waals surface area contributed by atoms with Crippen molar-refractivity contribution in [2.24, 2.45) is 0 Å². The molecule has 2 unspecified atom stereocenters. The topological polar surface area (TPSA) is 54.5 Å². The van der Waals surface area contributed by atoms with Crippen LogP contribution in [0, 0.1) is 0 Å². The lowest BCUT2D eigenvalue weighted by Gasteiger charge is -2.42. The van der Waals surface area contributed by atoms with Crippen molar-refractivity contribution >= 4 is 34.4 Å². The van der Waals surface area contributed by atoms with Gasteiger partial charge in [-0.25, -0.2) is 0 Å². The zero-order valence-corrected chi connectivity index (χ0v) is 53.0. The van der Waals surface area contributed by atoms with Gasteiger partial charge in [0.1, 0.15) is 6.61 Å². The molecule has 0 radical (unpaired) electrons. The van der Waals surface area contributed by atoms with Gasteiger partial charge in [-0.2, -0.15) is 0 Å². The number of piperazine rings is 1. The van der Waals surface area contributed by atoms with Crippen LogP contribution in [0.3, 0.4) is 0 Å². The normalized spacial score (nSPS) is 15.4. The first-order valence-electron chi connectivity index (χ1n) is 30.3. The largest absolute Gasteiger partial charge is 0.464 e. The van der Waals surface area contributed by atoms with Crippen molar-refractivity contribution in [2.45, 2.75) is 224 Å². The highest BCUT2D eigenvalue weighted by atomic mass is 32.2. The zero-order chi connectivity index (χ0) is 54.6. The molecule has 1 fully saturated rings. The first-order chi connectivity index (χ1) is 35.8. The average Bonchev–Trinajstić information content (AvgIpc) is 3.37. The monoisotopic (exact) mass is 1090 g/mol. The van der Waals surface area contributed by atoms with Gasteiger partial charge in [0.05, 0.1) is 17.0 Å². The summed E-state index contributed by atoms with van der Waals surface area (Å²) in [4.78, 5) is 21.2. The standard InChI is InChI=1S/C65H111N3O4SSi2/c1-13-15-17-19-21-32-43-60(71-74(9,10)63(3,4)5)55-68(56-61(44-33-22-20-18-16-14-2)72-75(11,12)64(6,7)8)47-36-45-62(69)70-53-52-67-50-48-66(49-51-67)46-34-35-54-73-65(57-37-26-23-27-38-57,58-39-28-24-29-40-58)59-41-30-25-31-42-59/h23-31,37-42,60-61H,13-22,32-36,43-56H2,1-12H3. The van der Waals surface area contributed by atoms with Crippen LogP contribution >= 0.6 is 11.8 Å². The summed E-state index contributed by atoms with van der Waals surface area (Å²) < 4.78 is 20.4. The van der Waals surface area contributed by atoms with Crippen LogP contribution in [-0.4, -0.2) is 121 Å². The minimum Gasteiger partial charge on any atom is -0.464 e. The van der Waals surface area contributed by atoms with Crippen LogP contribution < -0.4 is 0 Å². The summed E-state index contributed by atoms with van der Waals surface area (Å²) in [5, 5.41) is 0.286. The SMILES string of the molecule is CCCCCCCCC(CN(CCCC(=O)OCCN1CCN(CCCCSC(c2ccccc2)(c2ccccc2)c2ccccc2)CC1)CC(CCCCCCCC)O[Si](C)(C)C(C)(C)C)O[Si](C)(C)C(C)(C)C. The van der Waals surface area contributed by atoms with E-state index in [1.54, 1.807) is 0 Å². The molecule has 1 saturated heterocycles. The van der Waals surface area contributed by atoms with Gasteiger partial charge < -0.3 is 18.5 Å². The molecule has 1 aliphatic heterocycles. The second-order valence-electron chi connectivity index (χ2n) is 25.2. The molecule has 0 saturated carbocycles. The first kappa shape index (κ1) is 65.2. The summed E-state index contributed by atoms with van der Waals surface area (Å²) in [5.74, 6) is 1.02. The Morgan fingerprint density at radius 3 is 1.36 bits per heavy atom. The van der Waals surface area contributed by atoms with E-state index in [0.29, 0.717) is 13.0 Å². The van der Waals surface area contributed by atoms with Crippen molar-refractivity contribution < 1.29 is 18.4 Å². The molecule has 424 valence electrons. The molecule has 1 heterocycles. The summed E-state index contributed by atoms with van der Waals surface area (Å²) >= 11 is 2.07. The van der Waals surface area contributed by atoms with E-state index < -0.39 is 16.6 Å². The van der Waals surface area contributed by atoms with Crippen molar-refractivity contribution in [1.82, 2.24) is 14.7 Å². The minimum absolute atomic E-state index is 0.0652. The number of benzene rings is 3. The van der Waals surface area contributed by atoms with E-state index in [2.05, 4.69) is 199 Å². The number of carbonyl (C=O) groups excluding carboxylic acids is 1. The maximum absolute atomic E-state index is 13.4. The molecule has 2 atom stereocenters. The van der Waals surface area contributed by atoms with Gasteiger partial charge in [-0.1, -0.05) is 223 Å². The smallest absolute Gasteiger partial charge is 0.305 e. The molecule has 1 aliphatic rings. The lowest BCUT2D eigenvalue weighted by Crippen LogP contribution is -2.50. The van der Waals surface area contributed by atoms with Gasteiger partial charge in [0.25, 0.3) is 0 Å². The van der Waals surface area contributed by atoms with Crippen LogP contribution in [0.25, 0.3) is 0 Å². The van der Waals surface area contributed by atoms with Gasteiger partial charge >= 0.3 is 5.97 Å². The number of thioether (sulfide) groups is 1. The van der Waals surface area contributed by atoms with Crippen molar-refractivity contribution in [3.05, 3.63) is 108 Å². The summed E-state index contributed by atoms with van der Waals surface area (Å²) in [6.07, 6.45) is 21.6. The molecular formula is C65H111N3O4SSi2. The maximum atomic E-state index is 13.4. The molecule has 0 aromatic heterocycles. The number of nitrogens with zero attached hydrogens (tertiary/aromatic N) is 3. The van der Waals surface area contributed by atoms with E-state index in [-0.39, 0.29) is 33.0 Å². The molecule has 7 nitrogen and oxygen atoms in total. The number of esters is 1. The van der Waals surface area contributed by atoms with Crippen LogP contribution in [0.4, 0.5) is 0 Å². The second-order valence-corrected chi connectivity index (χ2v) is 36.0. The van der Waals surface area contributed by atoms with Crippen molar-refractivity contribution in [3.63, 3.8) is 0 Å². The van der Waals surface area contributed by atoms with E-state index >= 15 is 0 Å². The van der Waals surface area contributed by atoms with Crippen molar-refractivity contribution in [1.29, 1.82) is 0 Å². The van der Waals surface area contributed by atoms with E-state index in [1.165, 1.54) is 107 Å². The summed E-state index contributed by atoms with van der Waals surface area (Å²) in [5.41, 5.74) is 3.99. The number of hydrogen-bond acceptors (Lipinski definition) is 8. The Balaban J connectivity index is 1.30. The molecule has 10 heteroatoms. The van der Waals surface area contributed by atoms with Crippen LogP contribution in [0.1, 0.15) is 188 Å². The lowest BCUT2D eigenvalue weighted by atomic mass is 9.84. The Morgan fingerprint density at radius 1 is 0.547 bits per heavy atom. The Labute approximate surface area is 468 Å². The van der Waals surface area contributed by atoms with Gasteiger partial charge in [0.15, 0.2) is 16.6 Å². The molecule has 75 heavy (non-hydrogen) atoms. The third kappa shape index (κ3) is 23.1. The number of unbranched alkanes of at least 4 members (excludes halogenated alkanes) is 11. The van der Waals surface area contributed by atoms with E-state index in [9.17, 15) is 4.79 Å².